The maximum Gasteiger partial charge on any atom is 0.254 e. The van der Waals surface area contributed by atoms with E-state index in [-0.39, 0.29) is 18.4 Å². The van der Waals surface area contributed by atoms with Crippen LogP contribution in [0.2, 0.25) is 0 Å². The largest absolute Gasteiger partial charge is 0.383 e. The van der Waals surface area contributed by atoms with Gasteiger partial charge in [0.25, 0.3) is 5.91 Å². The van der Waals surface area contributed by atoms with Crippen LogP contribution in [-0.4, -0.2) is 48.4 Å². The molecule has 0 fully saturated rings. The van der Waals surface area contributed by atoms with Gasteiger partial charge in [-0.05, 0) is 48.6 Å². The zero-order valence-corrected chi connectivity index (χ0v) is 19.7. The lowest BCUT2D eigenvalue weighted by molar-refractivity contribution is -0.133. The Bertz CT molecular complexity index is 1020. The number of rotatable bonds is 10. The van der Waals surface area contributed by atoms with Crippen LogP contribution in [0.4, 0.5) is 0 Å². The normalized spacial score (nSPS) is 10.7. The molecule has 0 spiro atoms. The number of carbonyl (C=O) groups excluding carboxylic acids is 2. The van der Waals surface area contributed by atoms with Crippen molar-refractivity contribution < 1.29 is 14.3 Å². The zero-order chi connectivity index (χ0) is 22.9. The van der Waals surface area contributed by atoms with E-state index in [4.69, 9.17) is 4.74 Å². The summed E-state index contributed by atoms with van der Waals surface area (Å²) < 4.78 is 5.20. The Labute approximate surface area is 194 Å². The molecule has 0 aliphatic heterocycles. The van der Waals surface area contributed by atoms with Gasteiger partial charge in [0.1, 0.15) is 6.54 Å². The van der Waals surface area contributed by atoms with Crippen LogP contribution in [0.25, 0.3) is 0 Å². The van der Waals surface area contributed by atoms with Crippen LogP contribution in [0.3, 0.4) is 0 Å². The van der Waals surface area contributed by atoms with E-state index in [1.807, 2.05) is 59.7 Å². The third-order valence-corrected chi connectivity index (χ3v) is 6.36. The first-order valence-electron chi connectivity index (χ1n) is 10.7. The van der Waals surface area contributed by atoms with E-state index in [0.717, 1.165) is 16.0 Å². The standard InChI is InChI=1S/C26H30N2O3S/c1-20-9-11-23(12-10-20)26(30)27(14-15-31-3)19-25(29)28(17-22-7-5-4-6-8-22)18-24-21(2)13-16-32-24/h4-13,16H,14-15,17-19H2,1-3H3. The number of ether oxygens (including phenoxy) is 1. The van der Waals surface area contributed by atoms with Crippen LogP contribution in [0.15, 0.2) is 66.0 Å². The van der Waals surface area contributed by atoms with E-state index in [2.05, 4.69) is 13.0 Å². The molecule has 0 atom stereocenters. The molecule has 32 heavy (non-hydrogen) atoms. The van der Waals surface area contributed by atoms with Gasteiger partial charge in [0.05, 0.1) is 13.2 Å². The highest BCUT2D eigenvalue weighted by molar-refractivity contribution is 7.10. The third-order valence-electron chi connectivity index (χ3n) is 5.35. The number of hydrogen-bond donors (Lipinski definition) is 0. The first kappa shape index (κ1) is 23.7. The summed E-state index contributed by atoms with van der Waals surface area (Å²) >= 11 is 1.65. The van der Waals surface area contributed by atoms with E-state index in [9.17, 15) is 9.59 Å². The summed E-state index contributed by atoms with van der Waals surface area (Å²) in [7, 11) is 1.59. The van der Waals surface area contributed by atoms with Crippen LogP contribution in [0.1, 0.15) is 31.9 Å². The molecule has 3 aromatic rings. The lowest BCUT2D eigenvalue weighted by atomic mass is 10.1. The fourth-order valence-electron chi connectivity index (χ4n) is 3.37. The molecule has 0 saturated carbocycles. The van der Waals surface area contributed by atoms with Gasteiger partial charge in [-0.2, -0.15) is 0 Å². The Balaban J connectivity index is 1.80. The second kappa shape index (κ2) is 11.6. The predicted octanol–water partition coefficient (Wildman–Crippen LogP) is 4.68. The first-order valence-corrected chi connectivity index (χ1v) is 11.6. The van der Waals surface area contributed by atoms with Crippen molar-refractivity contribution in [1.82, 2.24) is 9.80 Å². The van der Waals surface area contributed by atoms with E-state index in [0.29, 0.717) is 31.8 Å². The van der Waals surface area contributed by atoms with Crippen LogP contribution >= 0.6 is 11.3 Å². The van der Waals surface area contributed by atoms with Crippen LogP contribution in [0, 0.1) is 13.8 Å². The van der Waals surface area contributed by atoms with Crippen molar-refractivity contribution in [2.75, 3.05) is 26.8 Å². The number of methoxy groups -OCH3 is 1. The number of carbonyl (C=O) groups is 2. The molecular formula is C26H30N2O3S. The Hall–Kier alpha value is -2.96. The van der Waals surface area contributed by atoms with Gasteiger partial charge in [-0.3, -0.25) is 9.59 Å². The average molecular weight is 451 g/mol. The van der Waals surface area contributed by atoms with Gasteiger partial charge in [0.2, 0.25) is 5.91 Å². The Morgan fingerprint density at radius 2 is 1.62 bits per heavy atom. The number of aryl methyl sites for hydroxylation is 2. The summed E-state index contributed by atoms with van der Waals surface area (Å²) in [6.45, 7) is 5.78. The molecule has 0 radical (unpaired) electrons. The molecule has 0 saturated heterocycles. The molecule has 0 aliphatic carbocycles. The highest BCUT2D eigenvalue weighted by atomic mass is 32.1. The van der Waals surface area contributed by atoms with Gasteiger partial charge in [-0.25, -0.2) is 0 Å². The fourth-order valence-corrected chi connectivity index (χ4v) is 4.29. The van der Waals surface area contributed by atoms with E-state index in [1.165, 1.54) is 5.56 Å². The molecule has 1 aromatic heterocycles. The van der Waals surface area contributed by atoms with Crippen LogP contribution in [-0.2, 0) is 22.6 Å². The van der Waals surface area contributed by atoms with E-state index < -0.39 is 0 Å². The van der Waals surface area contributed by atoms with Gasteiger partial charge in [-0.15, -0.1) is 11.3 Å². The number of nitrogens with zero attached hydrogens (tertiary/aromatic N) is 2. The Morgan fingerprint density at radius 3 is 2.25 bits per heavy atom. The van der Waals surface area contributed by atoms with E-state index in [1.54, 1.807) is 35.5 Å². The minimum Gasteiger partial charge on any atom is -0.383 e. The minimum atomic E-state index is -0.164. The van der Waals surface area contributed by atoms with Crippen molar-refractivity contribution in [3.8, 4) is 0 Å². The summed E-state index contributed by atoms with van der Waals surface area (Å²) in [6.07, 6.45) is 0. The molecule has 1 heterocycles. The number of amides is 2. The maximum absolute atomic E-state index is 13.4. The Kier molecular flexibility index (Phi) is 8.59. The molecule has 3 rings (SSSR count). The molecule has 0 aliphatic rings. The first-order chi connectivity index (χ1) is 15.5. The van der Waals surface area contributed by atoms with Crippen molar-refractivity contribution >= 4 is 23.2 Å². The monoisotopic (exact) mass is 450 g/mol. The molecule has 2 amide bonds. The summed E-state index contributed by atoms with van der Waals surface area (Å²) in [5.41, 5.74) is 3.89. The van der Waals surface area contributed by atoms with Gasteiger partial charge in [0.15, 0.2) is 0 Å². The molecule has 0 bridgehead atoms. The SMILES string of the molecule is COCCN(CC(=O)N(Cc1ccccc1)Cc1sccc1C)C(=O)c1ccc(C)cc1. The van der Waals surface area contributed by atoms with Crippen molar-refractivity contribution in [3.05, 3.63) is 93.2 Å². The van der Waals surface area contributed by atoms with Gasteiger partial charge < -0.3 is 14.5 Å². The lowest BCUT2D eigenvalue weighted by Crippen LogP contribution is -2.43. The minimum absolute atomic E-state index is 0.00727. The van der Waals surface area contributed by atoms with E-state index >= 15 is 0 Å². The van der Waals surface area contributed by atoms with Crippen molar-refractivity contribution in [1.29, 1.82) is 0 Å². The van der Waals surface area contributed by atoms with Crippen molar-refractivity contribution in [2.24, 2.45) is 0 Å². The number of benzene rings is 2. The molecular weight excluding hydrogens is 420 g/mol. The number of thiophene rings is 1. The fraction of sp³-hybridized carbons (Fsp3) is 0.308. The molecule has 6 heteroatoms. The maximum atomic E-state index is 13.4. The predicted molar refractivity (Wildman–Crippen MR) is 129 cm³/mol. The van der Waals surface area contributed by atoms with Gasteiger partial charge in [-0.1, -0.05) is 48.0 Å². The molecule has 0 N–H and O–H groups in total. The topological polar surface area (TPSA) is 49.9 Å². The zero-order valence-electron chi connectivity index (χ0n) is 18.9. The van der Waals surface area contributed by atoms with Gasteiger partial charge in [0, 0.05) is 30.6 Å². The van der Waals surface area contributed by atoms with Crippen molar-refractivity contribution in [2.45, 2.75) is 26.9 Å². The van der Waals surface area contributed by atoms with Crippen LogP contribution < -0.4 is 0 Å². The smallest absolute Gasteiger partial charge is 0.254 e. The molecule has 168 valence electrons. The average Bonchev–Trinajstić information content (AvgIpc) is 3.21. The quantitative estimate of drug-likeness (QED) is 0.451. The lowest BCUT2D eigenvalue weighted by Gasteiger charge is -2.28. The number of hydrogen-bond acceptors (Lipinski definition) is 4. The summed E-state index contributed by atoms with van der Waals surface area (Å²) in [5, 5.41) is 2.04. The Morgan fingerprint density at radius 1 is 0.906 bits per heavy atom. The van der Waals surface area contributed by atoms with Crippen molar-refractivity contribution in [3.63, 3.8) is 0 Å². The second-order valence-corrected chi connectivity index (χ2v) is 8.85. The summed E-state index contributed by atoms with van der Waals surface area (Å²) in [4.78, 5) is 31.2. The second-order valence-electron chi connectivity index (χ2n) is 7.85. The highest BCUT2D eigenvalue weighted by Gasteiger charge is 2.23. The molecule has 0 unspecified atom stereocenters. The highest BCUT2D eigenvalue weighted by Crippen LogP contribution is 2.20. The summed E-state index contributed by atoms with van der Waals surface area (Å²) in [5.74, 6) is -0.249. The van der Waals surface area contributed by atoms with Gasteiger partial charge >= 0.3 is 0 Å². The molecule has 5 nitrogen and oxygen atoms in total. The third kappa shape index (κ3) is 6.52. The molecule has 2 aromatic carbocycles. The van der Waals surface area contributed by atoms with Crippen LogP contribution in [0.5, 0.6) is 0 Å². The summed E-state index contributed by atoms with van der Waals surface area (Å²) in [6, 6.07) is 19.4.